The van der Waals surface area contributed by atoms with Crippen molar-refractivity contribution in [2.24, 2.45) is 0 Å². The molecular formula is C22H18N2O6. The van der Waals surface area contributed by atoms with Gasteiger partial charge in [0.2, 0.25) is 0 Å². The Kier molecular flexibility index (Phi) is 3.85. The minimum Gasteiger partial charge on any atom is -0.481 e. The van der Waals surface area contributed by atoms with Crippen molar-refractivity contribution in [3.63, 3.8) is 0 Å². The Morgan fingerprint density at radius 3 is 2.77 bits per heavy atom. The van der Waals surface area contributed by atoms with Crippen molar-refractivity contribution >= 4 is 22.8 Å². The average molecular weight is 406 g/mol. The van der Waals surface area contributed by atoms with Crippen LogP contribution in [0.25, 0.3) is 22.3 Å². The van der Waals surface area contributed by atoms with Crippen LogP contribution in [0, 0.1) is 0 Å². The number of esters is 1. The number of carboxylic acid groups (broad SMARTS) is 1. The summed E-state index contributed by atoms with van der Waals surface area (Å²) in [6, 6.07) is 8.87. The topological polar surface area (TPSA) is 119 Å². The summed E-state index contributed by atoms with van der Waals surface area (Å²) in [6.07, 6.45) is -0.141. The highest BCUT2D eigenvalue weighted by atomic mass is 16.6. The number of aromatic nitrogens is 2. The van der Waals surface area contributed by atoms with Gasteiger partial charge in [-0.2, -0.15) is 0 Å². The van der Waals surface area contributed by atoms with E-state index in [0.717, 1.165) is 5.39 Å². The van der Waals surface area contributed by atoms with Crippen molar-refractivity contribution < 1.29 is 24.5 Å². The van der Waals surface area contributed by atoms with E-state index in [2.05, 4.69) is 0 Å². The van der Waals surface area contributed by atoms with E-state index in [-0.39, 0.29) is 42.7 Å². The number of cyclic esters (lactones) is 1. The molecule has 0 amide bonds. The van der Waals surface area contributed by atoms with Crippen molar-refractivity contribution in [1.82, 2.24) is 9.55 Å². The van der Waals surface area contributed by atoms with E-state index >= 15 is 0 Å². The lowest BCUT2D eigenvalue weighted by Gasteiger charge is -2.31. The number of aliphatic hydroxyl groups is 1. The van der Waals surface area contributed by atoms with Gasteiger partial charge in [0.1, 0.15) is 6.61 Å². The van der Waals surface area contributed by atoms with Crippen molar-refractivity contribution in [2.75, 3.05) is 0 Å². The summed E-state index contributed by atoms with van der Waals surface area (Å²) in [7, 11) is 0. The van der Waals surface area contributed by atoms with Gasteiger partial charge in [-0.05, 0) is 24.1 Å². The molecule has 8 nitrogen and oxygen atoms in total. The molecule has 0 bridgehead atoms. The highest BCUT2D eigenvalue weighted by Gasteiger charge is 2.45. The molecule has 0 saturated carbocycles. The molecule has 1 aromatic carbocycles. The van der Waals surface area contributed by atoms with E-state index in [0.29, 0.717) is 28.0 Å². The van der Waals surface area contributed by atoms with Gasteiger partial charge in [0.25, 0.3) is 5.56 Å². The number of rotatable bonds is 3. The van der Waals surface area contributed by atoms with Crippen molar-refractivity contribution in [1.29, 1.82) is 0 Å². The molecule has 8 heteroatoms. The van der Waals surface area contributed by atoms with Crippen LogP contribution in [0.4, 0.5) is 0 Å². The molecule has 0 unspecified atom stereocenters. The standard InChI is InChI=1S/C22H18N2O6/c1-2-22(29)15-8-17-19-13(9-24(17)20(27)14(15)10-30-21(22)28)12(7-18(25)26)11-5-3-4-6-16(11)23-19/h3-6,8,29H,2,7,9-10H2,1H3,(H,25,26)/t22-/m0/s1. The minimum atomic E-state index is -1.90. The zero-order valence-corrected chi connectivity index (χ0v) is 16.1. The van der Waals surface area contributed by atoms with Crippen LogP contribution >= 0.6 is 0 Å². The van der Waals surface area contributed by atoms with Crippen LogP contribution in [-0.2, 0) is 39.5 Å². The molecule has 5 rings (SSSR count). The number of ether oxygens (including phenoxy) is 1. The zero-order valence-electron chi connectivity index (χ0n) is 16.1. The molecule has 1 atom stereocenters. The molecule has 152 valence electrons. The molecule has 0 saturated heterocycles. The monoisotopic (exact) mass is 406 g/mol. The summed E-state index contributed by atoms with van der Waals surface area (Å²) in [5.41, 5.74) is 1.08. The quantitative estimate of drug-likeness (QED) is 0.497. The maximum Gasteiger partial charge on any atom is 0.343 e. The van der Waals surface area contributed by atoms with Gasteiger partial charge in [0.15, 0.2) is 5.60 Å². The van der Waals surface area contributed by atoms with Crippen LogP contribution in [-0.4, -0.2) is 31.7 Å². The lowest BCUT2D eigenvalue weighted by Crippen LogP contribution is -2.44. The predicted octanol–water partition coefficient (Wildman–Crippen LogP) is 1.71. The van der Waals surface area contributed by atoms with Crippen LogP contribution < -0.4 is 5.56 Å². The first kappa shape index (κ1) is 18.5. The Morgan fingerprint density at radius 1 is 1.27 bits per heavy atom. The second kappa shape index (κ2) is 6.24. The average Bonchev–Trinajstić information content (AvgIpc) is 3.10. The maximum absolute atomic E-state index is 13.2. The number of pyridine rings is 2. The maximum atomic E-state index is 13.2. The van der Waals surface area contributed by atoms with Gasteiger partial charge in [-0.3, -0.25) is 9.59 Å². The van der Waals surface area contributed by atoms with E-state index in [1.807, 2.05) is 18.2 Å². The lowest BCUT2D eigenvalue weighted by atomic mass is 9.86. The molecule has 2 aromatic heterocycles. The Morgan fingerprint density at radius 2 is 2.03 bits per heavy atom. The smallest absolute Gasteiger partial charge is 0.343 e. The van der Waals surface area contributed by atoms with Crippen LogP contribution in [0.3, 0.4) is 0 Å². The highest BCUT2D eigenvalue weighted by molar-refractivity contribution is 5.91. The zero-order chi connectivity index (χ0) is 21.2. The van der Waals surface area contributed by atoms with E-state index < -0.39 is 17.5 Å². The van der Waals surface area contributed by atoms with Crippen LogP contribution in [0.5, 0.6) is 0 Å². The molecule has 2 N–H and O–H groups in total. The first-order chi connectivity index (χ1) is 14.3. The van der Waals surface area contributed by atoms with Crippen molar-refractivity contribution in [3.05, 3.63) is 62.9 Å². The molecule has 0 fully saturated rings. The lowest BCUT2D eigenvalue weighted by molar-refractivity contribution is -0.172. The highest BCUT2D eigenvalue weighted by Crippen LogP contribution is 2.40. The summed E-state index contributed by atoms with van der Waals surface area (Å²) in [5.74, 6) is -1.76. The molecule has 2 aliphatic heterocycles. The predicted molar refractivity (Wildman–Crippen MR) is 106 cm³/mol. The number of hydrogen-bond donors (Lipinski definition) is 2. The first-order valence-corrected chi connectivity index (χ1v) is 9.64. The number of carbonyl (C=O) groups excluding carboxylic acids is 1. The summed E-state index contributed by atoms with van der Waals surface area (Å²) in [4.78, 5) is 41.7. The minimum absolute atomic E-state index is 0.0595. The summed E-state index contributed by atoms with van der Waals surface area (Å²) < 4.78 is 6.58. The molecule has 2 aliphatic rings. The van der Waals surface area contributed by atoms with Gasteiger partial charge in [-0.1, -0.05) is 25.1 Å². The van der Waals surface area contributed by atoms with E-state index in [4.69, 9.17) is 9.72 Å². The normalized spacial score (nSPS) is 19.2. The SMILES string of the molecule is CC[C@@]1(O)C(=O)OCc2c1cc1n(c2=O)Cc2c-1nc1ccccc1c2CC(=O)O. The van der Waals surface area contributed by atoms with E-state index in [9.17, 15) is 24.6 Å². The van der Waals surface area contributed by atoms with E-state index in [1.165, 1.54) is 4.57 Å². The number of aliphatic carboxylic acids is 1. The number of hydrogen-bond acceptors (Lipinski definition) is 6. The van der Waals surface area contributed by atoms with Gasteiger partial charge >= 0.3 is 11.9 Å². The summed E-state index contributed by atoms with van der Waals surface area (Å²) in [5, 5.41) is 21.1. The fourth-order valence-corrected chi connectivity index (χ4v) is 4.47. The third-order valence-electron chi connectivity index (χ3n) is 6.04. The fourth-order valence-electron chi connectivity index (χ4n) is 4.47. The van der Waals surface area contributed by atoms with Crippen LogP contribution in [0.15, 0.2) is 35.1 Å². The van der Waals surface area contributed by atoms with Gasteiger partial charge in [0, 0.05) is 16.5 Å². The summed E-state index contributed by atoms with van der Waals surface area (Å²) in [6.45, 7) is 1.62. The number of para-hydroxylation sites is 1. The third-order valence-corrected chi connectivity index (χ3v) is 6.04. The molecule has 4 heterocycles. The van der Waals surface area contributed by atoms with Gasteiger partial charge in [-0.15, -0.1) is 0 Å². The van der Waals surface area contributed by atoms with Gasteiger partial charge < -0.3 is 19.5 Å². The molecule has 0 aliphatic carbocycles. The molecule has 30 heavy (non-hydrogen) atoms. The number of carboxylic acids is 1. The van der Waals surface area contributed by atoms with E-state index in [1.54, 1.807) is 19.1 Å². The van der Waals surface area contributed by atoms with Crippen molar-refractivity contribution in [3.8, 4) is 11.4 Å². The summed E-state index contributed by atoms with van der Waals surface area (Å²) >= 11 is 0. The first-order valence-electron chi connectivity index (χ1n) is 9.64. The van der Waals surface area contributed by atoms with Gasteiger partial charge in [0.05, 0.1) is 35.4 Å². The van der Waals surface area contributed by atoms with Gasteiger partial charge in [-0.25, -0.2) is 9.78 Å². The molecule has 3 aromatic rings. The van der Waals surface area contributed by atoms with Crippen molar-refractivity contribution in [2.45, 2.75) is 38.5 Å². The number of nitrogens with zero attached hydrogens (tertiary/aromatic N) is 2. The number of fused-ring (bicyclic) bond motifs is 5. The molecule has 0 spiro atoms. The Balaban J connectivity index is 1.83. The third kappa shape index (κ3) is 2.37. The van der Waals surface area contributed by atoms with Crippen LogP contribution in [0.1, 0.15) is 35.6 Å². The fraction of sp³-hybridized carbons (Fsp3) is 0.273. The number of carbonyl (C=O) groups is 2. The van der Waals surface area contributed by atoms with Crippen LogP contribution in [0.2, 0.25) is 0 Å². The number of benzene rings is 1. The second-order valence-electron chi connectivity index (χ2n) is 7.61. The Hall–Kier alpha value is -3.52. The largest absolute Gasteiger partial charge is 0.481 e. The molecule has 0 radical (unpaired) electrons. The second-order valence-corrected chi connectivity index (χ2v) is 7.61. The Labute approximate surface area is 170 Å². The molecular weight excluding hydrogens is 388 g/mol. The Bertz CT molecular complexity index is 1330.